The number of hydrogen-bond acceptors (Lipinski definition) is 2. The van der Waals surface area contributed by atoms with Gasteiger partial charge in [-0.05, 0) is 50.4 Å². The van der Waals surface area contributed by atoms with Gasteiger partial charge in [-0.2, -0.15) is 0 Å². The average molecular weight is 295 g/mol. The van der Waals surface area contributed by atoms with Gasteiger partial charge in [0.1, 0.15) is 0 Å². The molecule has 1 aliphatic heterocycles. The second-order valence-electron chi connectivity index (χ2n) is 5.97. The Hall–Kier alpha value is -0.570. The highest BCUT2D eigenvalue weighted by atomic mass is 35.5. The molecule has 1 saturated heterocycles. The van der Waals surface area contributed by atoms with Gasteiger partial charge in [0, 0.05) is 29.7 Å². The monoisotopic (exact) mass is 294 g/mol. The minimum Gasteiger partial charge on any atom is -0.310 e. The fourth-order valence-electron chi connectivity index (χ4n) is 3.17. The molecule has 1 aromatic carbocycles. The Morgan fingerprint density at radius 1 is 1.25 bits per heavy atom. The molecule has 1 aromatic rings. The molecule has 2 nitrogen and oxygen atoms in total. The van der Waals surface area contributed by atoms with Crippen LogP contribution in [0.5, 0.6) is 0 Å². The standard InChI is InChI=1S/C17H27ClN2/c1-4-17(5-2)13-20(12-6-11-19-17)14(3)15-7-9-16(18)10-8-15/h7-10,14,19H,4-6,11-13H2,1-3H3. The van der Waals surface area contributed by atoms with Gasteiger partial charge < -0.3 is 5.32 Å². The first-order valence-electron chi connectivity index (χ1n) is 7.85. The van der Waals surface area contributed by atoms with Gasteiger partial charge in [0.2, 0.25) is 0 Å². The topological polar surface area (TPSA) is 15.3 Å². The lowest BCUT2D eigenvalue weighted by Crippen LogP contribution is -2.51. The van der Waals surface area contributed by atoms with Crippen molar-refractivity contribution in [1.82, 2.24) is 10.2 Å². The van der Waals surface area contributed by atoms with E-state index < -0.39 is 0 Å². The zero-order valence-corrected chi connectivity index (χ0v) is 13.7. The number of nitrogens with zero attached hydrogens (tertiary/aromatic N) is 1. The molecule has 0 saturated carbocycles. The molecular weight excluding hydrogens is 268 g/mol. The maximum absolute atomic E-state index is 5.99. The van der Waals surface area contributed by atoms with Crippen molar-refractivity contribution in [1.29, 1.82) is 0 Å². The quantitative estimate of drug-likeness (QED) is 0.893. The van der Waals surface area contributed by atoms with Gasteiger partial charge in [-0.15, -0.1) is 0 Å². The van der Waals surface area contributed by atoms with Crippen LogP contribution in [0, 0.1) is 0 Å². The normalized spacial score (nSPS) is 21.4. The summed E-state index contributed by atoms with van der Waals surface area (Å²) in [5.74, 6) is 0. The molecule has 112 valence electrons. The molecule has 0 radical (unpaired) electrons. The van der Waals surface area contributed by atoms with Gasteiger partial charge in [-0.1, -0.05) is 37.6 Å². The van der Waals surface area contributed by atoms with E-state index in [1.807, 2.05) is 12.1 Å². The van der Waals surface area contributed by atoms with E-state index in [2.05, 4.69) is 43.1 Å². The van der Waals surface area contributed by atoms with Crippen molar-refractivity contribution in [3.05, 3.63) is 34.9 Å². The Balaban J connectivity index is 2.15. The van der Waals surface area contributed by atoms with E-state index in [1.54, 1.807) is 0 Å². The van der Waals surface area contributed by atoms with Crippen molar-refractivity contribution in [2.75, 3.05) is 19.6 Å². The molecule has 0 aliphatic carbocycles. The van der Waals surface area contributed by atoms with Crippen molar-refractivity contribution < 1.29 is 0 Å². The van der Waals surface area contributed by atoms with E-state index in [1.165, 1.54) is 31.4 Å². The minimum absolute atomic E-state index is 0.275. The molecule has 0 spiro atoms. The summed E-state index contributed by atoms with van der Waals surface area (Å²) >= 11 is 5.99. The summed E-state index contributed by atoms with van der Waals surface area (Å²) in [5, 5.41) is 4.59. The molecular formula is C17H27ClN2. The lowest BCUT2D eigenvalue weighted by atomic mass is 9.91. The Labute approximate surface area is 128 Å². The van der Waals surface area contributed by atoms with Crippen molar-refractivity contribution in [3.8, 4) is 0 Å². The second kappa shape index (κ2) is 6.93. The Bertz CT molecular complexity index is 412. The van der Waals surface area contributed by atoms with Crippen LogP contribution in [-0.4, -0.2) is 30.1 Å². The van der Waals surface area contributed by atoms with Gasteiger partial charge >= 0.3 is 0 Å². The van der Waals surface area contributed by atoms with E-state index in [9.17, 15) is 0 Å². The first-order valence-corrected chi connectivity index (χ1v) is 8.22. The first-order chi connectivity index (χ1) is 9.60. The van der Waals surface area contributed by atoms with Gasteiger partial charge in [0.25, 0.3) is 0 Å². The number of rotatable bonds is 4. The van der Waals surface area contributed by atoms with Crippen LogP contribution in [0.2, 0.25) is 5.02 Å². The Morgan fingerprint density at radius 2 is 1.90 bits per heavy atom. The van der Waals surface area contributed by atoms with E-state index >= 15 is 0 Å². The first kappa shape index (κ1) is 15.8. The Kier molecular flexibility index (Phi) is 5.48. The average Bonchev–Trinajstić information content (AvgIpc) is 2.70. The molecule has 1 atom stereocenters. The summed E-state index contributed by atoms with van der Waals surface area (Å²) in [6.07, 6.45) is 3.60. The minimum atomic E-state index is 0.275. The number of nitrogens with one attached hydrogen (secondary N) is 1. The van der Waals surface area contributed by atoms with E-state index in [4.69, 9.17) is 11.6 Å². The summed E-state index contributed by atoms with van der Waals surface area (Å²) in [6, 6.07) is 8.76. The zero-order valence-electron chi connectivity index (χ0n) is 13.0. The van der Waals surface area contributed by atoms with Crippen LogP contribution in [0.25, 0.3) is 0 Å². The van der Waals surface area contributed by atoms with Crippen molar-refractivity contribution >= 4 is 11.6 Å². The molecule has 1 aliphatic rings. The number of benzene rings is 1. The van der Waals surface area contributed by atoms with Crippen molar-refractivity contribution in [3.63, 3.8) is 0 Å². The molecule has 2 rings (SSSR count). The third kappa shape index (κ3) is 3.55. The largest absolute Gasteiger partial charge is 0.310 e. The summed E-state index contributed by atoms with van der Waals surface area (Å²) in [4.78, 5) is 2.62. The third-order valence-corrected chi connectivity index (χ3v) is 5.13. The second-order valence-corrected chi connectivity index (χ2v) is 6.40. The van der Waals surface area contributed by atoms with Gasteiger partial charge in [0.05, 0.1) is 0 Å². The lowest BCUT2D eigenvalue weighted by molar-refractivity contribution is 0.157. The lowest BCUT2D eigenvalue weighted by Gasteiger charge is -2.38. The van der Waals surface area contributed by atoms with Gasteiger partial charge in [0.15, 0.2) is 0 Å². The predicted octanol–water partition coefficient (Wildman–Crippen LogP) is 4.26. The summed E-state index contributed by atoms with van der Waals surface area (Å²) in [6.45, 7) is 10.3. The third-order valence-electron chi connectivity index (χ3n) is 4.88. The van der Waals surface area contributed by atoms with Crippen LogP contribution < -0.4 is 5.32 Å². The summed E-state index contributed by atoms with van der Waals surface area (Å²) < 4.78 is 0. The van der Waals surface area contributed by atoms with Crippen LogP contribution in [0.1, 0.15) is 51.6 Å². The van der Waals surface area contributed by atoms with Crippen LogP contribution >= 0.6 is 11.6 Å². The van der Waals surface area contributed by atoms with Crippen LogP contribution in [-0.2, 0) is 0 Å². The number of hydrogen-bond donors (Lipinski definition) is 1. The highest BCUT2D eigenvalue weighted by Gasteiger charge is 2.32. The van der Waals surface area contributed by atoms with E-state index in [0.29, 0.717) is 6.04 Å². The van der Waals surface area contributed by atoms with Crippen LogP contribution in [0.15, 0.2) is 24.3 Å². The van der Waals surface area contributed by atoms with E-state index in [0.717, 1.165) is 18.1 Å². The highest BCUT2D eigenvalue weighted by Crippen LogP contribution is 2.27. The molecule has 20 heavy (non-hydrogen) atoms. The maximum Gasteiger partial charge on any atom is 0.0406 e. The summed E-state index contributed by atoms with van der Waals surface area (Å²) in [5.41, 5.74) is 1.63. The summed E-state index contributed by atoms with van der Waals surface area (Å²) in [7, 11) is 0. The molecule has 1 N–H and O–H groups in total. The Morgan fingerprint density at radius 3 is 2.50 bits per heavy atom. The molecule has 0 bridgehead atoms. The molecule has 1 heterocycles. The fraction of sp³-hybridized carbons (Fsp3) is 0.647. The molecule has 3 heteroatoms. The van der Waals surface area contributed by atoms with Crippen molar-refractivity contribution in [2.45, 2.75) is 51.6 Å². The van der Waals surface area contributed by atoms with E-state index in [-0.39, 0.29) is 5.54 Å². The van der Waals surface area contributed by atoms with Gasteiger partial charge in [-0.3, -0.25) is 4.90 Å². The predicted molar refractivity (Wildman–Crippen MR) is 87.4 cm³/mol. The smallest absolute Gasteiger partial charge is 0.0406 e. The van der Waals surface area contributed by atoms with Crippen molar-refractivity contribution in [2.24, 2.45) is 0 Å². The van der Waals surface area contributed by atoms with Gasteiger partial charge in [-0.25, -0.2) is 0 Å². The zero-order chi connectivity index (χ0) is 14.6. The molecule has 1 unspecified atom stereocenters. The number of halogens is 1. The molecule has 0 aromatic heterocycles. The SMILES string of the molecule is CCC1(CC)CN(C(C)c2ccc(Cl)cc2)CCCN1. The highest BCUT2D eigenvalue weighted by molar-refractivity contribution is 6.30. The maximum atomic E-state index is 5.99. The fourth-order valence-corrected chi connectivity index (χ4v) is 3.29. The van der Waals surface area contributed by atoms with Crippen LogP contribution in [0.4, 0.5) is 0 Å². The molecule has 0 amide bonds. The molecule has 1 fully saturated rings. The van der Waals surface area contributed by atoms with Crippen LogP contribution in [0.3, 0.4) is 0 Å².